The van der Waals surface area contributed by atoms with Gasteiger partial charge in [-0.2, -0.15) is 8.78 Å². The Kier molecular flexibility index (Phi) is 6.89. The zero-order chi connectivity index (χ0) is 16.8. The Morgan fingerprint density at radius 2 is 1.73 bits per heavy atom. The quantitative estimate of drug-likeness (QED) is 0.787. The Balaban J connectivity index is 2.65. The summed E-state index contributed by atoms with van der Waals surface area (Å²) in [4.78, 5) is 13.5. The van der Waals surface area contributed by atoms with Crippen LogP contribution in [0.1, 0.15) is 24.2 Å². The number of halogens is 2. The van der Waals surface area contributed by atoms with Crippen LogP contribution < -0.4 is 5.32 Å². The zero-order valence-electron chi connectivity index (χ0n) is 12.6. The summed E-state index contributed by atoms with van der Waals surface area (Å²) in [6.07, 6.45) is 0. The molecule has 1 amide bonds. The molecular formula is C14H20F2N2O3S. The highest BCUT2D eigenvalue weighted by Crippen LogP contribution is 2.18. The molecule has 124 valence electrons. The van der Waals surface area contributed by atoms with Gasteiger partial charge in [-0.1, -0.05) is 13.8 Å². The molecular weight excluding hydrogens is 314 g/mol. The Labute approximate surface area is 129 Å². The first kappa shape index (κ1) is 18.5. The van der Waals surface area contributed by atoms with Gasteiger partial charge in [-0.15, -0.1) is 0 Å². The molecule has 0 atom stereocenters. The molecule has 1 aromatic carbocycles. The number of rotatable bonds is 8. The Bertz CT molecular complexity index is 585. The standard InChI is InChI=1S/C14H20F2N2O3S/c1-3-18(4-2)10-9-17-13(19)11-5-7-12(8-6-11)22(20,21)14(15)16/h5-8,14H,3-4,9-10H2,1-2H3,(H,17,19). The maximum Gasteiger partial charge on any atom is 0.341 e. The van der Waals surface area contributed by atoms with E-state index < -0.39 is 20.5 Å². The average molecular weight is 334 g/mol. The van der Waals surface area contributed by atoms with Crippen LogP contribution in [0, 0.1) is 0 Å². The maximum atomic E-state index is 12.4. The molecule has 0 radical (unpaired) electrons. The van der Waals surface area contributed by atoms with E-state index in [4.69, 9.17) is 0 Å². The molecule has 0 aliphatic rings. The minimum absolute atomic E-state index is 0.229. The SMILES string of the molecule is CCN(CC)CCNC(=O)c1ccc(S(=O)(=O)C(F)F)cc1. The van der Waals surface area contributed by atoms with E-state index in [1.165, 1.54) is 12.1 Å². The van der Waals surface area contributed by atoms with Crippen molar-refractivity contribution >= 4 is 15.7 Å². The van der Waals surface area contributed by atoms with Crippen LogP contribution in [-0.4, -0.2) is 51.2 Å². The molecule has 8 heteroatoms. The number of alkyl halides is 2. The van der Waals surface area contributed by atoms with Crippen molar-refractivity contribution in [2.45, 2.75) is 24.5 Å². The third-order valence-electron chi connectivity index (χ3n) is 3.29. The van der Waals surface area contributed by atoms with Gasteiger partial charge in [-0.25, -0.2) is 8.42 Å². The lowest BCUT2D eigenvalue weighted by Gasteiger charge is -2.17. The summed E-state index contributed by atoms with van der Waals surface area (Å²) in [5.41, 5.74) is 0.229. The van der Waals surface area contributed by atoms with Crippen LogP contribution in [-0.2, 0) is 9.84 Å². The molecule has 0 aliphatic carbocycles. The largest absolute Gasteiger partial charge is 0.351 e. The normalized spacial score (nSPS) is 11.9. The number of hydrogen-bond acceptors (Lipinski definition) is 4. The van der Waals surface area contributed by atoms with E-state index in [1.807, 2.05) is 13.8 Å². The average Bonchev–Trinajstić information content (AvgIpc) is 2.51. The first-order chi connectivity index (χ1) is 10.3. The highest BCUT2D eigenvalue weighted by molar-refractivity contribution is 7.91. The van der Waals surface area contributed by atoms with E-state index in [1.54, 1.807) is 0 Å². The van der Waals surface area contributed by atoms with Crippen LogP contribution in [0.4, 0.5) is 8.78 Å². The number of benzene rings is 1. The number of nitrogens with one attached hydrogen (secondary N) is 1. The highest BCUT2D eigenvalue weighted by Gasteiger charge is 2.26. The molecule has 0 saturated heterocycles. The molecule has 0 aromatic heterocycles. The van der Waals surface area contributed by atoms with Gasteiger partial charge in [0.15, 0.2) is 0 Å². The third kappa shape index (κ3) is 4.74. The van der Waals surface area contributed by atoms with Gasteiger partial charge in [0, 0.05) is 18.7 Å². The second-order valence-electron chi connectivity index (χ2n) is 4.61. The van der Waals surface area contributed by atoms with Crippen LogP contribution in [0.5, 0.6) is 0 Å². The second-order valence-corrected chi connectivity index (χ2v) is 6.53. The number of nitrogens with zero attached hydrogens (tertiary/aromatic N) is 1. The van der Waals surface area contributed by atoms with Gasteiger partial charge < -0.3 is 10.2 Å². The Morgan fingerprint density at radius 3 is 2.18 bits per heavy atom. The lowest BCUT2D eigenvalue weighted by Crippen LogP contribution is -2.34. The highest BCUT2D eigenvalue weighted by atomic mass is 32.2. The van der Waals surface area contributed by atoms with Crippen molar-refractivity contribution in [3.63, 3.8) is 0 Å². The summed E-state index contributed by atoms with van der Waals surface area (Å²) in [7, 11) is -4.63. The van der Waals surface area contributed by atoms with Crippen molar-refractivity contribution in [2.75, 3.05) is 26.2 Å². The molecule has 5 nitrogen and oxygen atoms in total. The van der Waals surface area contributed by atoms with Gasteiger partial charge in [-0.05, 0) is 37.4 Å². The van der Waals surface area contributed by atoms with Gasteiger partial charge in [0.05, 0.1) is 4.90 Å². The summed E-state index contributed by atoms with van der Waals surface area (Å²) >= 11 is 0. The van der Waals surface area contributed by atoms with Crippen LogP contribution in [0.2, 0.25) is 0 Å². The molecule has 0 fully saturated rings. The minimum Gasteiger partial charge on any atom is -0.351 e. The van der Waals surface area contributed by atoms with Crippen molar-refractivity contribution < 1.29 is 22.0 Å². The predicted octanol–water partition coefficient (Wildman–Crippen LogP) is 1.75. The summed E-state index contributed by atoms with van der Waals surface area (Å²) in [5, 5.41) is 2.70. The molecule has 0 aliphatic heterocycles. The third-order valence-corrected chi connectivity index (χ3v) is 4.69. The maximum absolute atomic E-state index is 12.4. The summed E-state index contributed by atoms with van der Waals surface area (Å²) in [6, 6.07) is 4.48. The number of likely N-dealkylation sites (N-methyl/N-ethyl adjacent to an activating group) is 1. The molecule has 0 saturated carbocycles. The molecule has 0 spiro atoms. The summed E-state index contributed by atoms with van der Waals surface area (Å²) in [5.74, 6) is -3.84. The van der Waals surface area contributed by atoms with Crippen LogP contribution >= 0.6 is 0 Å². The second kappa shape index (κ2) is 8.19. The summed E-state index contributed by atoms with van der Waals surface area (Å²) in [6.45, 7) is 6.97. The van der Waals surface area contributed by atoms with Crippen molar-refractivity contribution in [1.29, 1.82) is 0 Å². The van der Waals surface area contributed by atoms with Gasteiger partial charge in [0.1, 0.15) is 0 Å². The first-order valence-electron chi connectivity index (χ1n) is 6.95. The molecule has 1 rings (SSSR count). The van der Waals surface area contributed by atoms with E-state index in [9.17, 15) is 22.0 Å². The number of hydrogen-bond donors (Lipinski definition) is 1. The number of carbonyl (C=O) groups is 1. The lowest BCUT2D eigenvalue weighted by atomic mass is 10.2. The minimum atomic E-state index is -4.63. The van der Waals surface area contributed by atoms with Crippen molar-refractivity contribution in [1.82, 2.24) is 10.2 Å². The zero-order valence-corrected chi connectivity index (χ0v) is 13.4. The van der Waals surface area contributed by atoms with E-state index >= 15 is 0 Å². The fourth-order valence-corrected chi connectivity index (χ4v) is 2.59. The van der Waals surface area contributed by atoms with Gasteiger partial charge in [0.2, 0.25) is 9.84 Å². The van der Waals surface area contributed by atoms with Crippen LogP contribution in [0.15, 0.2) is 29.2 Å². The molecule has 0 bridgehead atoms. The Hall–Kier alpha value is -1.54. The number of amides is 1. The fraction of sp³-hybridized carbons (Fsp3) is 0.500. The number of sulfone groups is 1. The van der Waals surface area contributed by atoms with Crippen molar-refractivity contribution in [3.05, 3.63) is 29.8 Å². The van der Waals surface area contributed by atoms with E-state index in [-0.39, 0.29) is 11.5 Å². The smallest absolute Gasteiger partial charge is 0.341 e. The molecule has 1 aromatic rings. The van der Waals surface area contributed by atoms with Crippen molar-refractivity contribution in [2.24, 2.45) is 0 Å². The monoisotopic (exact) mass is 334 g/mol. The van der Waals surface area contributed by atoms with E-state index in [0.717, 1.165) is 25.2 Å². The van der Waals surface area contributed by atoms with Gasteiger partial charge in [0.25, 0.3) is 5.91 Å². The first-order valence-corrected chi connectivity index (χ1v) is 8.50. The lowest BCUT2D eigenvalue weighted by molar-refractivity contribution is 0.0949. The number of carbonyl (C=O) groups excluding carboxylic acids is 1. The molecule has 0 heterocycles. The van der Waals surface area contributed by atoms with Crippen LogP contribution in [0.3, 0.4) is 0 Å². The van der Waals surface area contributed by atoms with E-state index in [2.05, 4.69) is 10.2 Å². The molecule has 0 unspecified atom stereocenters. The molecule has 22 heavy (non-hydrogen) atoms. The predicted molar refractivity (Wildman–Crippen MR) is 79.8 cm³/mol. The van der Waals surface area contributed by atoms with Gasteiger partial charge in [-0.3, -0.25) is 4.79 Å². The Morgan fingerprint density at radius 1 is 1.18 bits per heavy atom. The van der Waals surface area contributed by atoms with E-state index in [0.29, 0.717) is 13.1 Å². The summed E-state index contributed by atoms with van der Waals surface area (Å²) < 4.78 is 47.3. The van der Waals surface area contributed by atoms with Crippen molar-refractivity contribution in [3.8, 4) is 0 Å². The molecule has 1 N–H and O–H groups in total. The topological polar surface area (TPSA) is 66.5 Å². The van der Waals surface area contributed by atoms with Gasteiger partial charge >= 0.3 is 5.76 Å². The fourth-order valence-electron chi connectivity index (χ4n) is 1.87. The van der Waals surface area contributed by atoms with Crippen LogP contribution in [0.25, 0.3) is 0 Å².